The quantitative estimate of drug-likeness (QED) is 0.710. The van der Waals surface area contributed by atoms with Crippen molar-refractivity contribution in [3.8, 4) is 0 Å². The van der Waals surface area contributed by atoms with Crippen LogP contribution in [0.1, 0.15) is 6.92 Å². The molecule has 0 saturated carbocycles. The van der Waals surface area contributed by atoms with Crippen LogP contribution in [0.4, 0.5) is 0 Å². The summed E-state index contributed by atoms with van der Waals surface area (Å²) in [7, 11) is 2.00. The molecule has 0 aliphatic carbocycles. The normalized spacial score (nSPS) is 9.89. The molecule has 1 heterocycles. The molecule has 0 atom stereocenters. The number of hydrogen-bond donors (Lipinski definition) is 0. The van der Waals surface area contributed by atoms with Gasteiger partial charge in [0.2, 0.25) is 0 Å². The first kappa shape index (κ1) is 7.67. The van der Waals surface area contributed by atoms with Crippen LogP contribution in [0.15, 0.2) is 21.7 Å². The van der Waals surface area contributed by atoms with Gasteiger partial charge < -0.3 is 0 Å². The molecule has 3 heteroatoms. The fraction of sp³-hybridized carbons (Fsp3) is 0.333. The van der Waals surface area contributed by atoms with E-state index in [1.807, 2.05) is 10.2 Å². The molecule has 0 N–H and O–H groups in total. The van der Waals surface area contributed by atoms with Gasteiger partial charge in [0.15, 0.2) is 0 Å². The van der Waals surface area contributed by atoms with E-state index in [2.05, 4.69) is 23.8 Å². The third-order valence-electron chi connectivity index (χ3n) is 0.768. The van der Waals surface area contributed by atoms with Gasteiger partial charge in [-0.2, -0.15) is 0 Å². The maximum atomic E-state index is 2.24. The third-order valence-corrected chi connectivity index (χ3v) is 5.84. The standard InChI is InChI=1S/C6H8S2Se/c1-2-9-8-6-3-4-7-5-6/h3-5H,2H2,1H3. The van der Waals surface area contributed by atoms with Crippen molar-refractivity contribution in [1.29, 1.82) is 0 Å². The first-order valence-electron chi connectivity index (χ1n) is 2.75. The molecule has 1 rings (SSSR count). The summed E-state index contributed by atoms with van der Waals surface area (Å²) >= 11 is 2.54. The Morgan fingerprint density at radius 2 is 2.67 bits per heavy atom. The van der Waals surface area contributed by atoms with Gasteiger partial charge in [-0.3, -0.25) is 0 Å². The Kier molecular flexibility index (Phi) is 3.75. The summed E-state index contributed by atoms with van der Waals surface area (Å²) in [5.74, 6) is 0. The van der Waals surface area contributed by atoms with Crippen molar-refractivity contribution in [2.45, 2.75) is 17.1 Å². The van der Waals surface area contributed by atoms with Gasteiger partial charge in [-0.25, -0.2) is 0 Å². The molecule has 0 fully saturated rings. The molecule has 0 spiro atoms. The zero-order valence-corrected chi connectivity index (χ0v) is 8.51. The minimum atomic E-state index is 0.765. The first-order chi connectivity index (χ1) is 4.43. The van der Waals surface area contributed by atoms with Crippen LogP contribution in [0.25, 0.3) is 0 Å². The minimum absolute atomic E-state index is 0.765. The van der Waals surface area contributed by atoms with E-state index in [0.717, 1.165) is 13.8 Å². The molecule has 50 valence electrons. The molecule has 1 aromatic rings. The Balaban J connectivity index is 2.30. The molecule has 9 heavy (non-hydrogen) atoms. The van der Waals surface area contributed by atoms with Gasteiger partial charge in [-0.05, 0) is 0 Å². The van der Waals surface area contributed by atoms with E-state index >= 15 is 0 Å². The van der Waals surface area contributed by atoms with E-state index in [1.54, 1.807) is 11.3 Å². The second kappa shape index (κ2) is 4.40. The van der Waals surface area contributed by atoms with Crippen LogP contribution in [0.2, 0.25) is 5.32 Å². The fourth-order valence-corrected chi connectivity index (χ4v) is 4.42. The van der Waals surface area contributed by atoms with Crippen LogP contribution in [-0.2, 0) is 0 Å². The van der Waals surface area contributed by atoms with Crippen molar-refractivity contribution in [3.05, 3.63) is 16.8 Å². The van der Waals surface area contributed by atoms with Crippen LogP contribution < -0.4 is 0 Å². The van der Waals surface area contributed by atoms with Gasteiger partial charge >= 0.3 is 69.3 Å². The van der Waals surface area contributed by atoms with E-state index in [9.17, 15) is 0 Å². The Labute approximate surface area is 69.3 Å². The summed E-state index contributed by atoms with van der Waals surface area (Å²) in [5.41, 5.74) is 0. The van der Waals surface area contributed by atoms with E-state index in [0.29, 0.717) is 0 Å². The fourth-order valence-electron chi connectivity index (χ4n) is 0.426. The SMILES string of the molecule is CC[Se]Sc1ccsc1. The van der Waals surface area contributed by atoms with E-state index < -0.39 is 0 Å². The van der Waals surface area contributed by atoms with Crippen molar-refractivity contribution < 1.29 is 0 Å². The topological polar surface area (TPSA) is 0 Å². The molecule has 0 aliphatic heterocycles. The summed E-state index contributed by atoms with van der Waals surface area (Å²) in [6, 6.07) is 2.19. The van der Waals surface area contributed by atoms with Gasteiger partial charge in [0.05, 0.1) is 0 Å². The predicted molar refractivity (Wildman–Crippen MR) is 46.4 cm³/mol. The number of hydrogen-bond acceptors (Lipinski definition) is 2. The summed E-state index contributed by atoms with van der Waals surface area (Å²) in [4.78, 5) is 1.45. The summed E-state index contributed by atoms with van der Waals surface area (Å²) in [6.45, 7) is 2.24. The molecule has 0 aliphatic rings. The average molecular weight is 223 g/mol. The molecule has 0 amide bonds. The van der Waals surface area contributed by atoms with Crippen LogP contribution in [0, 0.1) is 0 Å². The molecule has 0 unspecified atom stereocenters. The Morgan fingerprint density at radius 1 is 1.78 bits per heavy atom. The van der Waals surface area contributed by atoms with Gasteiger partial charge in [0, 0.05) is 0 Å². The molecule has 0 aromatic carbocycles. The van der Waals surface area contributed by atoms with E-state index in [1.165, 1.54) is 10.2 Å². The second-order valence-electron chi connectivity index (χ2n) is 1.45. The van der Waals surface area contributed by atoms with Crippen molar-refractivity contribution >= 4 is 35.4 Å². The van der Waals surface area contributed by atoms with Gasteiger partial charge in [0.25, 0.3) is 0 Å². The van der Waals surface area contributed by atoms with Crippen LogP contribution in [0.3, 0.4) is 0 Å². The maximum absolute atomic E-state index is 2.24. The van der Waals surface area contributed by atoms with Crippen molar-refractivity contribution in [3.63, 3.8) is 0 Å². The zero-order chi connectivity index (χ0) is 6.53. The molecule has 0 nitrogen and oxygen atoms in total. The van der Waals surface area contributed by atoms with Gasteiger partial charge in [-0.1, -0.05) is 0 Å². The van der Waals surface area contributed by atoms with Crippen molar-refractivity contribution in [2.75, 3.05) is 0 Å². The molecule has 0 bridgehead atoms. The van der Waals surface area contributed by atoms with E-state index in [-0.39, 0.29) is 0 Å². The Morgan fingerprint density at radius 3 is 3.22 bits per heavy atom. The van der Waals surface area contributed by atoms with Gasteiger partial charge in [0.1, 0.15) is 0 Å². The van der Waals surface area contributed by atoms with Gasteiger partial charge in [-0.15, -0.1) is 0 Å². The molecular weight excluding hydrogens is 215 g/mol. The summed E-state index contributed by atoms with van der Waals surface area (Å²) < 4.78 is 0. The average Bonchev–Trinajstić information content (AvgIpc) is 2.34. The third kappa shape index (κ3) is 2.76. The second-order valence-corrected chi connectivity index (χ2v) is 6.85. The summed E-state index contributed by atoms with van der Waals surface area (Å²) in [5, 5.41) is 5.67. The van der Waals surface area contributed by atoms with E-state index in [4.69, 9.17) is 0 Å². The van der Waals surface area contributed by atoms with Crippen LogP contribution in [-0.4, -0.2) is 13.8 Å². The molecule has 0 saturated heterocycles. The number of thiophene rings is 1. The summed E-state index contributed by atoms with van der Waals surface area (Å²) in [6.07, 6.45) is 0. The zero-order valence-electron chi connectivity index (χ0n) is 5.16. The predicted octanol–water partition coefficient (Wildman–Crippen LogP) is 2.90. The van der Waals surface area contributed by atoms with Crippen LogP contribution in [0.5, 0.6) is 0 Å². The van der Waals surface area contributed by atoms with Crippen molar-refractivity contribution in [1.82, 2.24) is 0 Å². The molecule has 1 aromatic heterocycles. The Hall–Kier alpha value is 0.569. The molecule has 0 radical (unpaired) electrons. The monoisotopic (exact) mass is 224 g/mol. The Bertz CT molecular complexity index is 148. The van der Waals surface area contributed by atoms with Crippen LogP contribution >= 0.6 is 21.5 Å². The molecular formula is C6H8S2Se. The van der Waals surface area contributed by atoms with Crippen molar-refractivity contribution in [2.24, 2.45) is 0 Å². The first-order valence-corrected chi connectivity index (χ1v) is 7.74. The number of rotatable bonds is 3.